The molecular weight excluding hydrogens is 324 g/mol. The second kappa shape index (κ2) is 7.84. The Kier molecular flexibility index (Phi) is 5.81. The molecule has 0 aliphatic carbocycles. The number of hydrogen-bond donors (Lipinski definition) is 1. The maximum Gasteiger partial charge on any atom is 0.295 e. The molecule has 2 aromatic rings. The molecule has 0 saturated carbocycles. The summed E-state index contributed by atoms with van der Waals surface area (Å²) in [4.78, 5) is 28.6. The van der Waals surface area contributed by atoms with Crippen LogP contribution in [0, 0.1) is 16.0 Å². The number of hydrogen-bond acceptors (Lipinski definition) is 6. The van der Waals surface area contributed by atoms with E-state index >= 15 is 0 Å². The first kappa shape index (κ1) is 18.5. The summed E-state index contributed by atoms with van der Waals surface area (Å²) < 4.78 is 1.29. The molecule has 9 heteroatoms. The Morgan fingerprint density at radius 1 is 1.44 bits per heavy atom. The van der Waals surface area contributed by atoms with Gasteiger partial charge in [0.05, 0.1) is 4.92 Å². The predicted molar refractivity (Wildman–Crippen MR) is 92.4 cm³/mol. The fraction of sp³-hybridized carbons (Fsp3) is 0.438. The molecule has 1 amide bonds. The van der Waals surface area contributed by atoms with Crippen LogP contribution in [-0.4, -0.2) is 50.1 Å². The lowest BCUT2D eigenvalue weighted by Gasteiger charge is -2.21. The monoisotopic (exact) mass is 346 g/mol. The molecule has 0 bridgehead atoms. The lowest BCUT2D eigenvalue weighted by Crippen LogP contribution is -2.34. The highest BCUT2D eigenvalue weighted by Gasteiger charge is 2.21. The Hall–Kier alpha value is -2.81. The van der Waals surface area contributed by atoms with Crippen molar-refractivity contribution in [3.8, 4) is 5.69 Å². The molecule has 0 radical (unpaired) electrons. The van der Waals surface area contributed by atoms with Crippen molar-refractivity contribution in [3.05, 3.63) is 46.5 Å². The van der Waals surface area contributed by atoms with Gasteiger partial charge in [-0.2, -0.15) is 5.10 Å². The summed E-state index contributed by atoms with van der Waals surface area (Å²) in [6.07, 6.45) is 3.32. The van der Waals surface area contributed by atoms with Crippen molar-refractivity contribution in [2.45, 2.75) is 26.3 Å². The van der Waals surface area contributed by atoms with E-state index in [0.29, 0.717) is 18.9 Å². The highest BCUT2D eigenvalue weighted by Crippen LogP contribution is 2.24. The van der Waals surface area contributed by atoms with Crippen LogP contribution in [0.15, 0.2) is 30.9 Å². The Balaban J connectivity index is 2.20. The largest absolute Gasteiger partial charge is 0.342 e. The van der Waals surface area contributed by atoms with Crippen molar-refractivity contribution >= 4 is 11.6 Å². The molecule has 134 valence electrons. The lowest BCUT2D eigenvalue weighted by atomic mass is 10.0. The van der Waals surface area contributed by atoms with Crippen molar-refractivity contribution in [2.24, 2.45) is 11.7 Å². The van der Waals surface area contributed by atoms with Crippen LogP contribution in [0.4, 0.5) is 5.69 Å². The number of carbonyl (C=O) groups excluding carboxylic acids is 1. The predicted octanol–water partition coefficient (Wildman–Crippen LogP) is 1.62. The van der Waals surface area contributed by atoms with Gasteiger partial charge in [0.1, 0.15) is 18.3 Å². The fourth-order valence-corrected chi connectivity index (χ4v) is 2.33. The Morgan fingerprint density at radius 3 is 2.72 bits per heavy atom. The van der Waals surface area contributed by atoms with E-state index in [1.54, 1.807) is 13.1 Å². The normalized spacial score (nSPS) is 12.2. The van der Waals surface area contributed by atoms with Crippen molar-refractivity contribution in [1.29, 1.82) is 0 Å². The first-order chi connectivity index (χ1) is 11.8. The summed E-state index contributed by atoms with van der Waals surface area (Å²) in [5, 5.41) is 15.3. The van der Waals surface area contributed by atoms with Gasteiger partial charge in [-0.1, -0.05) is 13.8 Å². The van der Waals surface area contributed by atoms with Crippen LogP contribution in [0.1, 0.15) is 30.6 Å². The first-order valence-electron chi connectivity index (χ1n) is 7.95. The zero-order chi connectivity index (χ0) is 18.6. The van der Waals surface area contributed by atoms with Gasteiger partial charge >= 0.3 is 0 Å². The molecule has 9 nitrogen and oxygen atoms in total. The molecule has 25 heavy (non-hydrogen) atoms. The third kappa shape index (κ3) is 4.38. The average Bonchev–Trinajstić information content (AvgIpc) is 3.12. The number of benzene rings is 1. The van der Waals surface area contributed by atoms with E-state index in [-0.39, 0.29) is 28.9 Å². The lowest BCUT2D eigenvalue weighted by molar-refractivity contribution is -0.384. The summed E-state index contributed by atoms with van der Waals surface area (Å²) >= 11 is 0. The standard InChI is InChI=1S/C16H22N6O3/c1-11(2)13(17)6-7-20(3)16(23)12-4-5-14(15(8-12)22(24)25)21-10-18-9-19-21/h4-5,8-11,13H,6-7,17H2,1-3H3. The maximum atomic E-state index is 12.5. The van der Waals surface area contributed by atoms with Crippen molar-refractivity contribution in [2.75, 3.05) is 13.6 Å². The highest BCUT2D eigenvalue weighted by molar-refractivity contribution is 5.95. The van der Waals surface area contributed by atoms with E-state index in [2.05, 4.69) is 10.1 Å². The van der Waals surface area contributed by atoms with Gasteiger partial charge in [0.15, 0.2) is 0 Å². The summed E-state index contributed by atoms with van der Waals surface area (Å²) in [5.74, 6) is 0.0377. The minimum atomic E-state index is -0.539. The van der Waals surface area contributed by atoms with Gasteiger partial charge in [0.25, 0.3) is 11.6 Å². The zero-order valence-corrected chi connectivity index (χ0v) is 14.5. The summed E-state index contributed by atoms with van der Waals surface area (Å²) in [5.41, 5.74) is 6.29. The number of carbonyl (C=O) groups is 1. The quantitative estimate of drug-likeness (QED) is 0.601. The Morgan fingerprint density at radius 2 is 2.16 bits per heavy atom. The van der Waals surface area contributed by atoms with Crippen molar-refractivity contribution in [1.82, 2.24) is 19.7 Å². The molecule has 1 aromatic carbocycles. The summed E-state index contributed by atoms with van der Waals surface area (Å²) in [7, 11) is 1.66. The number of amides is 1. The van der Waals surface area contributed by atoms with Crippen molar-refractivity contribution in [3.63, 3.8) is 0 Å². The van der Waals surface area contributed by atoms with Gasteiger partial charge in [-0.15, -0.1) is 0 Å². The molecule has 1 aromatic heterocycles. The van der Waals surface area contributed by atoms with E-state index in [4.69, 9.17) is 5.73 Å². The molecule has 1 unspecified atom stereocenters. The van der Waals surface area contributed by atoms with Gasteiger partial charge in [0.2, 0.25) is 0 Å². The summed E-state index contributed by atoms with van der Waals surface area (Å²) in [6, 6.07) is 4.30. The number of nitrogens with zero attached hydrogens (tertiary/aromatic N) is 5. The number of nitrogens with two attached hydrogens (primary N) is 1. The SMILES string of the molecule is CC(C)C(N)CCN(C)C(=O)c1ccc(-n2cncn2)c([N+](=O)[O-])c1. The molecule has 1 atom stereocenters. The molecule has 0 aliphatic rings. The van der Waals surface area contributed by atoms with E-state index in [1.165, 1.54) is 34.4 Å². The molecule has 2 N–H and O–H groups in total. The minimum Gasteiger partial charge on any atom is -0.342 e. The molecule has 0 spiro atoms. The third-order valence-electron chi connectivity index (χ3n) is 4.09. The van der Waals surface area contributed by atoms with Gasteiger partial charge in [0, 0.05) is 31.3 Å². The Labute approximate surface area is 145 Å². The van der Waals surface area contributed by atoms with Gasteiger partial charge < -0.3 is 10.6 Å². The van der Waals surface area contributed by atoms with Gasteiger partial charge in [-0.3, -0.25) is 14.9 Å². The van der Waals surface area contributed by atoms with E-state index < -0.39 is 4.92 Å². The molecule has 0 fully saturated rings. The van der Waals surface area contributed by atoms with E-state index in [1.807, 2.05) is 13.8 Å². The fourth-order valence-electron chi connectivity index (χ4n) is 2.33. The number of aromatic nitrogens is 3. The van der Waals surface area contributed by atoms with Crippen molar-refractivity contribution < 1.29 is 9.72 Å². The van der Waals surface area contributed by atoms with Gasteiger partial charge in [-0.05, 0) is 24.5 Å². The van der Waals surface area contributed by atoms with E-state index in [9.17, 15) is 14.9 Å². The maximum absolute atomic E-state index is 12.5. The first-order valence-corrected chi connectivity index (χ1v) is 7.95. The molecular formula is C16H22N6O3. The topological polar surface area (TPSA) is 120 Å². The van der Waals surface area contributed by atoms with Gasteiger partial charge in [-0.25, -0.2) is 9.67 Å². The number of nitro benzene ring substituents is 1. The minimum absolute atomic E-state index is 0.000669. The van der Waals surface area contributed by atoms with Crippen LogP contribution in [0.5, 0.6) is 0 Å². The smallest absolute Gasteiger partial charge is 0.295 e. The second-order valence-electron chi connectivity index (χ2n) is 6.22. The highest BCUT2D eigenvalue weighted by atomic mass is 16.6. The molecule has 2 rings (SSSR count). The van der Waals surface area contributed by atoms with Crippen LogP contribution in [-0.2, 0) is 0 Å². The number of nitro groups is 1. The van der Waals surface area contributed by atoms with Crippen LogP contribution >= 0.6 is 0 Å². The zero-order valence-electron chi connectivity index (χ0n) is 14.5. The van der Waals surface area contributed by atoms with Crippen LogP contribution in [0.3, 0.4) is 0 Å². The van der Waals surface area contributed by atoms with Crippen LogP contribution in [0.2, 0.25) is 0 Å². The van der Waals surface area contributed by atoms with E-state index in [0.717, 1.165) is 0 Å². The summed E-state index contributed by atoms with van der Waals surface area (Å²) in [6.45, 7) is 4.54. The second-order valence-corrected chi connectivity index (χ2v) is 6.22. The third-order valence-corrected chi connectivity index (χ3v) is 4.09. The molecule has 0 saturated heterocycles. The average molecular weight is 346 g/mol. The van der Waals surface area contributed by atoms with Crippen LogP contribution in [0.25, 0.3) is 5.69 Å². The number of rotatable bonds is 7. The molecule has 0 aliphatic heterocycles. The molecule has 1 heterocycles. The van der Waals surface area contributed by atoms with Crippen LogP contribution < -0.4 is 5.73 Å². The Bertz CT molecular complexity index is 744.